The summed E-state index contributed by atoms with van der Waals surface area (Å²) in [6, 6.07) is 1.58. The summed E-state index contributed by atoms with van der Waals surface area (Å²) in [4.78, 5) is 16.0. The highest BCUT2D eigenvalue weighted by Gasteiger charge is 2.39. The molecule has 2 rings (SSSR count). The number of urea groups is 1. The molecule has 1 aromatic heterocycles. The largest absolute Gasteiger partial charge is 0.396 e. The first kappa shape index (κ1) is 13.8. The number of anilines is 1. The van der Waals surface area contributed by atoms with E-state index in [1.54, 1.807) is 18.5 Å². The number of nitrogens with zero attached hydrogens (tertiary/aromatic N) is 1. The van der Waals surface area contributed by atoms with Crippen molar-refractivity contribution < 1.29 is 9.90 Å². The zero-order valence-corrected chi connectivity index (χ0v) is 11.4. The number of aryl methyl sites for hydroxylation is 1. The van der Waals surface area contributed by atoms with E-state index >= 15 is 0 Å². The van der Waals surface area contributed by atoms with Gasteiger partial charge in [0.05, 0.1) is 6.61 Å². The standard InChI is InChI=1S/C14H21N3O2/c1-10-8-15-7-5-11(10)16-13(19)17-12-4-3-6-14(12,2)9-18/h5,7-8,12,18H,3-4,6,9H2,1-2H3,(H2,15,16,17,19). The lowest BCUT2D eigenvalue weighted by atomic mass is 9.86. The fraction of sp³-hybridized carbons (Fsp3) is 0.571. The molecular weight excluding hydrogens is 242 g/mol. The molecule has 1 heterocycles. The molecule has 2 unspecified atom stereocenters. The first-order valence-corrected chi connectivity index (χ1v) is 6.64. The summed E-state index contributed by atoms with van der Waals surface area (Å²) in [5, 5.41) is 15.3. The number of aliphatic hydroxyl groups is 1. The van der Waals surface area contributed by atoms with Gasteiger partial charge in [-0.2, -0.15) is 0 Å². The van der Waals surface area contributed by atoms with Gasteiger partial charge in [-0.3, -0.25) is 4.98 Å². The smallest absolute Gasteiger partial charge is 0.319 e. The Morgan fingerprint density at radius 1 is 1.63 bits per heavy atom. The van der Waals surface area contributed by atoms with E-state index in [9.17, 15) is 9.90 Å². The summed E-state index contributed by atoms with van der Waals surface area (Å²) in [6.45, 7) is 4.02. The molecule has 0 radical (unpaired) electrons. The zero-order chi connectivity index (χ0) is 13.9. The van der Waals surface area contributed by atoms with Crippen molar-refractivity contribution in [2.45, 2.75) is 39.2 Å². The topological polar surface area (TPSA) is 74.2 Å². The van der Waals surface area contributed by atoms with Crippen LogP contribution in [-0.2, 0) is 0 Å². The van der Waals surface area contributed by atoms with Crippen LogP contribution in [0.25, 0.3) is 0 Å². The Morgan fingerprint density at radius 2 is 2.42 bits per heavy atom. The highest BCUT2D eigenvalue weighted by Crippen LogP contribution is 2.37. The number of aliphatic hydroxyl groups excluding tert-OH is 1. The van der Waals surface area contributed by atoms with Crippen molar-refractivity contribution in [3.8, 4) is 0 Å². The van der Waals surface area contributed by atoms with Crippen molar-refractivity contribution in [2.24, 2.45) is 5.41 Å². The SMILES string of the molecule is Cc1cnccc1NC(=O)NC1CCCC1(C)CO. The molecule has 1 aromatic rings. The highest BCUT2D eigenvalue weighted by molar-refractivity contribution is 5.90. The molecule has 0 bridgehead atoms. The summed E-state index contributed by atoms with van der Waals surface area (Å²) in [5.74, 6) is 0. The number of hydrogen-bond acceptors (Lipinski definition) is 3. The third kappa shape index (κ3) is 3.04. The van der Waals surface area contributed by atoms with Gasteiger partial charge >= 0.3 is 6.03 Å². The minimum absolute atomic E-state index is 0.0274. The average Bonchev–Trinajstić information content (AvgIpc) is 2.75. The number of carbonyl (C=O) groups excluding carboxylic acids is 1. The molecule has 0 aromatic carbocycles. The van der Waals surface area contributed by atoms with Crippen molar-refractivity contribution in [3.05, 3.63) is 24.0 Å². The van der Waals surface area contributed by atoms with Gasteiger partial charge in [0.25, 0.3) is 0 Å². The second-order valence-corrected chi connectivity index (χ2v) is 5.55. The lowest BCUT2D eigenvalue weighted by Crippen LogP contribution is -2.46. The Bertz CT molecular complexity index is 464. The van der Waals surface area contributed by atoms with Crippen molar-refractivity contribution in [3.63, 3.8) is 0 Å². The van der Waals surface area contributed by atoms with Gasteiger partial charge in [0, 0.05) is 29.5 Å². The van der Waals surface area contributed by atoms with E-state index in [0.717, 1.165) is 30.5 Å². The van der Waals surface area contributed by atoms with E-state index in [1.165, 1.54) is 0 Å². The minimum Gasteiger partial charge on any atom is -0.396 e. The van der Waals surface area contributed by atoms with Crippen LogP contribution in [0, 0.1) is 12.3 Å². The van der Waals surface area contributed by atoms with E-state index in [0.29, 0.717) is 0 Å². The van der Waals surface area contributed by atoms with Gasteiger partial charge in [-0.05, 0) is 31.4 Å². The monoisotopic (exact) mass is 263 g/mol. The minimum atomic E-state index is -0.221. The van der Waals surface area contributed by atoms with Crippen LogP contribution in [0.15, 0.2) is 18.5 Å². The van der Waals surface area contributed by atoms with Crippen LogP contribution < -0.4 is 10.6 Å². The summed E-state index contributed by atoms with van der Waals surface area (Å²) in [6.07, 6.45) is 6.26. The Balaban J connectivity index is 1.97. The number of rotatable bonds is 3. The third-order valence-corrected chi connectivity index (χ3v) is 4.02. The predicted octanol–water partition coefficient (Wildman–Crippen LogP) is 2.06. The maximum Gasteiger partial charge on any atom is 0.319 e. The Kier molecular flexibility index (Phi) is 4.04. The van der Waals surface area contributed by atoms with Crippen LogP contribution in [-0.4, -0.2) is 28.8 Å². The number of hydrogen-bond donors (Lipinski definition) is 3. The third-order valence-electron chi connectivity index (χ3n) is 4.02. The van der Waals surface area contributed by atoms with Gasteiger partial charge in [0.15, 0.2) is 0 Å². The Labute approximate surface area is 113 Å². The summed E-state index contributed by atoms with van der Waals surface area (Å²) in [7, 11) is 0. The van der Waals surface area contributed by atoms with Crippen molar-refractivity contribution in [1.82, 2.24) is 10.3 Å². The number of aromatic nitrogens is 1. The molecule has 1 fully saturated rings. The molecule has 0 spiro atoms. The molecule has 5 nitrogen and oxygen atoms in total. The number of pyridine rings is 1. The number of carbonyl (C=O) groups is 1. The van der Waals surface area contributed by atoms with Crippen LogP contribution in [0.1, 0.15) is 31.7 Å². The van der Waals surface area contributed by atoms with Crippen molar-refractivity contribution in [1.29, 1.82) is 0 Å². The fourth-order valence-corrected chi connectivity index (χ4v) is 2.60. The zero-order valence-electron chi connectivity index (χ0n) is 11.4. The molecule has 5 heteroatoms. The molecule has 2 atom stereocenters. The van der Waals surface area contributed by atoms with E-state index in [1.807, 2.05) is 13.8 Å². The van der Waals surface area contributed by atoms with Gasteiger partial charge in [0.1, 0.15) is 0 Å². The average molecular weight is 263 g/mol. The van der Waals surface area contributed by atoms with Gasteiger partial charge in [0.2, 0.25) is 0 Å². The van der Waals surface area contributed by atoms with E-state index in [2.05, 4.69) is 15.6 Å². The summed E-state index contributed by atoms with van der Waals surface area (Å²) in [5.41, 5.74) is 1.48. The number of nitrogens with one attached hydrogen (secondary N) is 2. The normalized spacial score (nSPS) is 26.2. The van der Waals surface area contributed by atoms with Gasteiger partial charge in [-0.25, -0.2) is 4.79 Å². The molecule has 1 saturated carbocycles. The molecule has 1 aliphatic rings. The number of amides is 2. The maximum atomic E-state index is 12.0. The molecule has 2 amide bonds. The molecule has 0 saturated heterocycles. The van der Waals surface area contributed by atoms with Crippen molar-refractivity contribution >= 4 is 11.7 Å². The van der Waals surface area contributed by atoms with Crippen LogP contribution in [0.5, 0.6) is 0 Å². The predicted molar refractivity (Wildman–Crippen MR) is 74.0 cm³/mol. The quantitative estimate of drug-likeness (QED) is 0.781. The first-order chi connectivity index (χ1) is 9.05. The van der Waals surface area contributed by atoms with Gasteiger partial charge in [-0.15, -0.1) is 0 Å². The van der Waals surface area contributed by atoms with Crippen LogP contribution in [0.2, 0.25) is 0 Å². The van der Waals surface area contributed by atoms with Crippen LogP contribution in [0.3, 0.4) is 0 Å². The molecule has 19 heavy (non-hydrogen) atoms. The van der Waals surface area contributed by atoms with E-state index in [4.69, 9.17) is 0 Å². The Hall–Kier alpha value is -1.62. The fourth-order valence-electron chi connectivity index (χ4n) is 2.60. The van der Waals surface area contributed by atoms with E-state index in [-0.39, 0.29) is 24.1 Å². The second kappa shape index (κ2) is 5.57. The second-order valence-electron chi connectivity index (χ2n) is 5.55. The molecule has 3 N–H and O–H groups in total. The van der Waals surface area contributed by atoms with Gasteiger partial charge < -0.3 is 15.7 Å². The molecule has 0 aliphatic heterocycles. The van der Waals surface area contributed by atoms with Crippen molar-refractivity contribution in [2.75, 3.05) is 11.9 Å². The Morgan fingerprint density at radius 3 is 3.11 bits per heavy atom. The van der Waals surface area contributed by atoms with E-state index < -0.39 is 0 Å². The maximum absolute atomic E-state index is 12.0. The van der Waals surface area contributed by atoms with Crippen LogP contribution >= 0.6 is 0 Å². The lowest BCUT2D eigenvalue weighted by Gasteiger charge is -2.30. The van der Waals surface area contributed by atoms with Crippen LogP contribution in [0.4, 0.5) is 10.5 Å². The molecule has 104 valence electrons. The lowest BCUT2D eigenvalue weighted by molar-refractivity contribution is 0.122. The molecular formula is C14H21N3O2. The molecule has 1 aliphatic carbocycles. The summed E-state index contributed by atoms with van der Waals surface area (Å²) >= 11 is 0. The first-order valence-electron chi connectivity index (χ1n) is 6.64. The van der Waals surface area contributed by atoms with Gasteiger partial charge in [-0.1, -0.05) is 13.3 Å². The highest BCUT2D eigenvalue weighted by atomic mass is 16.3. The summed E-state index contributed by atoms with van der Waals surface area (Å²) < 4.78 is 0.